The van der Waals surface area contributed by atoms with E-state index in [0.29, 0.717) is 30.7 Å². The van der Waals surface area contributed by atoms with Crippen molar-refractivity contribution in [2.24, 2.45) is 11.8 Å². The number of hydrogen-bond acceptors (Lipinski definition) is 5. The first kappa shape index (κ1) is 25.9. The molecule has 2 fully saturated rings. The third-order valence-corrected chi connectivity index (χ3v) is 13.1. The molecule has 2 aromatic carbocycles. The van der Waals surface area contributed by atoms with Crippen molar-refractivity contribution in [1.29, 1.82) is 0 Å². The molecule has 36 heavy (non-hydrogen) atoms. The summed E-state index contributed by atoms with van der Waals surface area (Å²) >= 11 is 5.99. The van der Waals surface area contributed by atoms with Crippen LogP contribution in [0.1, 0.15) is 44.6 Å². The first-order valence-corrected chi connectivity index (χ1v) is 15.5. The molecular weight excluding hydrogens is 532 g/mol. The molecular formula is C25H28ClF2NO5S2. The molecule has 0 N–H and O–H groups in total. The smallest absolute Gasteiger partial charge is 0.216 e. The molecule has 2 aromatic rings. The van der Waals surface area contributed by atoms with E-state index in [2.05, 4.69) is 0 Å². The van der Waals surface area contributed by atoms with Gasteiger partial charge in [0, 0.05) is 24.0 Å². The lowest BCUT2D eigenvalue weighted by Gasteiger charge is -2.51. The van der Waals surface area contributed by atoms with Crippen LogP contribution in [0.25, 0.3) is 0 Å². The lowest BCUT2D eigenvalue weighted by Crippen LogP contribution is -2.56. The number of sulfone groups is 1. The first-order valence-electron chi connectivity index (χ1n) is 12.1. The Morgan fingerprint density at radius 3 is 2.33 bits per heavy atom. The summed E-state index contributed by atoms with van der Waals surface area (Å²) in [6, 6.07) is 7.49. The van der Waals surface area contributed by atoms with E-state index in [-0.39, 0.29) is 42.3 Å². The highest BCUT2D eigenvalue weighted by Gasteiger charge is 2.61. The molecule has 0 bridgehead atoms. The molecule has 2 saturated carbocycles. The summed E-state index contributed by atoms with van der Waals surface area (Å²) < 4.78 is 90.5. The topological polar surface area (TPSA) is 80.8 Å². The van der Waals surface area contributed by atoms with E-state index in [0.717, 1.165) is 12.1 Å². The zero-order valence-electron chi connectivity index (χ0n) is 19.8. The summed E-state index contributed by atoms with van der Waals surface area (Å²) in [7, 11) is -7.79. The lowest BCUT2D eigenvalue weighted by molar-refractivity contribution is 0.0659. The molecule has 11 heteroatoms. The Bertz CT molecular complexity index is 1380. The predicted molar refractivity (Wildman–Crippen MR) is 132 cm³/mol. The quantitative estimate of drug-likeness (QED) is 0.481. The summed E-state index contributed by atoms with van der Waals surface area (Å²) in [6.45, 7) is 1.95. The van der Waals surface area contributed by atoms with Crippen molar-refractivity contribution >= 4 is 31.5 Å². The minimum atomic E-state index is -4.28. The van der Waals surface area contributed by atoms with Gasteiger partial charge in [-0.15, -0.1) is 0 Å². The number of halogens is 3. The maximum atomic E-state index is 15.5. The van der Waals surface area contributed by atoms with Gasteiger partial charge in [0.25, 0.3) is 0 Å². The number of nitrogens with zero attached hydrogens (tertiary/aromatic N) is 1. The monoisotopic (exact) mass is 559 g/mol. The van der Waals surface area contributed by atoms with Crippen LogP contribution < -0.4 is 4.74 Å². The maximum Gasteiger partial charge on any atom is 0.216 e. The van der Waals surface area contributed by atoms with Crippen LogP contribution in [0.15, 0.2) is 41.3 Å². The summed E-state index contributed by atoms with van der Waals surface area (Å²) in [5, 5.41) is -0.0588. The fraction of sp³-hybridized carbons (Fsp3) is 0.520. The fourth-order valence-electron chi connectivity index (χ4n) is 5.98. The summed E-state index contributed by atoms with van der Waals surface area (Å²) in [5.41, 5.74) is -0.300. The fourth-order valence-corrected chi connectivity index (χ4v) is 10.5. The average Bonchev–Trinajstić information content (AvgIpc) is 3.70. The van der Waals surface area contributed by atoms with Gasteiger partial charge in [-0.1, -0.05) is 24.9 Å². The largest absolute Gasteiger partial charge is 0.490 e. The number of hydrogen-bond donors (Lipinski definition) is 0. The van der Waals surface area contributed by atoms with Crippen molar-refractivity contribution < 1.29 is 30.4 Å². The number of fused-ring (bicyclic) bond motifs is 3. The highest BCUT2D eigenvalue weighted by atomic mass is 35.5. The van der Waals surface area contributed by atoms with Gasteiger partial charge in [0.15, 0.2) is 21.4 Å². The highest BCUT2D eigenvalue weighted by Crippen LogP contribution is 2.58. The van der Waals surface area contributed by atoms with Gasteiger partial charge < -0.3 is 4.74 Å². The Balaban J connectivity index is 1.67. The number of benzene rings is 2. The molecule has 1 unspecified atom stereocenters. The zero-order chi connectivity index (χ0) is 25.9. The number of rotatable bonds is 7. The Hall–Kier alpha value is -1.75. The van der Waals surface area contributed by atoms with Gasteiger partial charge in [0.1, 0.15) is 10.6 Å². The standard InChI is InChI=1S/C25H28ClF2NO5S2/c1-2-29(36(32,33)19-9-10-19)14-16-4-3-13-25(35(30,31)18-7-5-17(26)6-8-18)20(16)15-34-24-22(28)12-11-21(27)23(24)25/h5-8,11-12,16,19-20H,2-4,9-10,13-15H2,1H3/t16-,20?,25-/m0/s1. The van der Waals surface area contributed by atoms with E-state index in [1.54, 1.807) is 6.92 Å². The molecule has 6 nitrogen and oxygen atoms in total. The second-order valence-electron chi connectivity index (χ2n) is 9.84. The van der Waals surface area contributed by atoms with Crippen molar-refractivity contribution in [3.8, 4) is 5.75 Å². The van der Waals surface area contributed by atoms with E-state index in [9.17, 15) is 21.2 Å². The van der Waals surface area contributed by atoms with Gasteiger partial charge >= 0.3 is 0 Å². The van der Waals surface area contributed by atoms with E-state index in [1.165, 1.54) is 28.6 Å². The second-order valence-corrected chi connectivity index (χ2v) is 14.7. The third-order valence-electron chi connectivity index (χ3n) is 7.88. The summed E-state index contributed by atoms with van der Waals surface area (Å²) in [6.07, 6.45) is 2.25. The highest BCUT2D eigenvalue weighted by molar-refractivity contribution is 7.92. The Morgan fingerprint density at radius 1 is 1.03 bits per heavy atom. The lowest BCUT2D eigenvalue weighted by atomic mass is 9.67. The second kappa shape index (κ2) is 9.22. The summed E-state index contributed by atoms with van der Waals surface area (Å²) in [5.74, 6) is -3.27. The third kappa shape index (κ3) is 3.95. The van der Waals surface area contributed by atoms with Crippen LogP contribution in [-0.4, -0.2) is 46.1 Å². The van der Waals surface area contributed by atoms with Crippen molar-refractivity contribution in [1.82, 2.24) is 4.31 Å². The van der Waals surface area contributed by atoms with Gasteiger partial charge in [-0.25, -0.2) is 29.9 Å². The molecule has 0 radical (unpaired) electrons. The Kier molecular flexibility index (Phi) is 6.63. The molecule has 1 aliphatic heterocycles. The molecule has 196 valence electrons. The first-order chi connectivity index (χ1) is 17.0. The molecule has 0 saturated heterocycles. The Labute approximate surface area is 215 Å². The van der Waals surface area contributed by atoms with Crippen LogP contribution in [0, 0.1) is 23.5 Å². The molecule has 1 heterocycles. The SMILES string of the molecule is CCN(C[C@@H]1CCC[C@@]2(S(=O)(=O)c3ccc(Cl)cc3)c3c(F)ccc(F)c3OCC12)S(=O)(=O)C1CC1. The van der Waals surface area contributed by atoms with Crippen molar-refractivity contribution in [3.63, 3.8) is 0 Å². The maximum absolute atomic E-state index is 15.5. The minimum Gasteiger partial charge on any atom is -0.490 e. The van der Waals surface area contributed by atoms with Crippen molar-refractivity contribution in [3.05, 3.63) is 58.6 Å². The molecule has 3 aliphatic rings. The van der Waals surface area contributed by atoms with Crippen LogP contribution >= 0.6 is 11.6 Å². The average molecular weight is 560 g/mol. The molecule has 0 spiro atoms. The molecule has 2 aliphatic carbocycles. The predicted octanol–water partition coefficient (Wildman–Crippen LogP) is 4.91. The van der Waals surface area contributed by atoms with Gasteiger partial charge in [-0.2, -0.15) is 0 Å². The van der Waals surface area contributed by atoms with E-state index >= 15 is 4.39 Å². The normalized spacial score (nSPS) is 26.2. The Morgan fingerprint density at radius 2 is 1.69 bits per heavy atom. The number of sulfonamides is 1. The molecule has 0 aromatic heterocycles. The van der Waals surface area contributed by atoms with E-state index in [1.807, 2.05) is 0 Å². The summed E-state index contributed by atoms with van der Waals surface area (Å²) in [4.78, 5) is -0.0491. The van der Waals surface area contributed by atoms with Gasteiger partial charge in [-0.3, -0.25) is 0 Å². The molecule has 5 rings (SSSR count). The van der Waals surface area contributed by atoms with Crippen LogP contribution in [0.4, 0.5) is 8.78 Å². The van der Waals surface area contributed by atoms with E-state index in [4.69, 9.17) is 16.3 Å². The molecule has 3 atom stereocenters. The van der Waals surface area contributed by atoms with Crippen molar-refractivity contribution in [2.75, 3.05) is 19.7 Å². The molecule has 0 amide bonds. The minimum absolute atomic E-state index is 0.0491. The van der Waals surface area contributed by atoms with Crippen LogP contribution in [0.5, 0.6) is 5.75 Å². The number of ether oxygens (including phenoxy) is 1. The zero-order valence-corrected chi connectivity index (χ0v) is 22.2. The van der Waals surface area contributed by atoms with Crippen LogP contribution in [0.3, 0.4) is 0 Å². The van der Waals surface area contributed by atoms with Gasteiger partial charge in [0.05, 0.1) is 22.3 Å². The van der Waals surface area contributed by atoms with Gasteiger partial charge in [0.2, 0.25) is 10.0 Å². The van der Waals surface area contributed by atoms with Crippen molar-refractivity contribution in [2.45, 2.75) is 53.9 Å². The van der Waals surface area contributed by atoms with Gasteiger partial charge in [-0.05, 0) is 68.0 Å². The van der Waals surface area contributed by atoms with Crippen LogP contribution in [0.2, 0.25) is 5.02 Å². The van der Waals surface area contributed by atoms with Crippen LogP contribution in [-0.2, 0) is 24.6 Å². The van der Waals surface area contributed by atoms with E-state index < -0.39 is 53.3 Å².